The maximum atomic E-state index is 12.1. The summed E-state index contributed by atoms with van der Waals surface area (Å²) < 4.78 is 1.83. The van der Waals surface area contributed by atoms with Gasteiger partial charge in [-0.3, -0.25) is 9.48 Å². The van der Waals surface area contributed by atoms with Gasteiger partial charge in [0.15, 0.2) is 5.13 Å². The molecule has 0 saturated carbocycles. The molecule has 1 aliphatic heterocycles. The first-order valence-electron chi connectivity index (χ1n) is 8.41. The van der Waals surface area contributed by atoms with Crippen LogP contribution < -0.4 is 16.4 Å². The van der Waals surface area contributed by atoms with E-state index in [-0.39, 0.29) is 37.3 Å². The number of anilines is 1. The first-order valence-corrected chi connectivity index (χ1v) is 9.29. The van der Waals surface area contributed by atoms with Crippen molar-refractivity contribution in [2.45, 2.75) is 38.1 Å². The highest BCUT2D eigenvalue weighted by Crippen LogP contribution is 2.22. The summed E-state index contributed by atoms with van der Waals surface area (Å²) in [5.41, 5.74) is 7.75. The van der Waals surface area contributed by atoms with E-state index in [1.165, 1.54) is 17.8 Å². The molecular formula is C16H26Cl2N6OS. The molecule has 0 bridgehead atoms. The van der Waals surface area contributed by atoms with E-state index >= 15 is 0 Å². The number of hydrogen-bond donors (Lipinski definition) is 3. The number of aromatic nitrogens is 3. The Morgan fingerprint density at radius 3 is 3.00 bits per heavy atom. The van der Waals surface area contributed by atoms with Crippen molar-refractivity contribution in [2.75, 3.05) is 25.4 Å². The van der Waals surface area contributed by atoms with Crippen LogP contribution in [0.3, 0.4) is 0 Å². The third kappa shape index (κ3) is 6.42. The van der Waals surface area contributed by atoms with Gasteiger partial charge in [-0.05, 0) is 38.3 Å². The summed E-state index contributed by atoms with van der Waals surface area (Å²) in [4.78, 5) is 16.4. The molecule has 1 atom stereocenters. The monoisotopic (exact) mass is 420 g/mol. The zero-order valence-corrected chi connectivity index (χ0v) is 17.0. The fraction of sp³-hybridized carbons (Fsp3) is 0.562. The molecule has 0 spiro atoms. The number of aryl methyl sites for hydroxylation is 1. The zero-order valence-electron chi connectivity index (χ0n) is 14.5. The molecule has 3 rings (SSSR count). The van der Waals surface area contributed by atoms with Gasteiger partial charge in [0, 0.05) is 36.3 Å². The molecule has 10 heteroatoms. The number of piperidine rings is 1. The molecular weight excluding hydrogens is 395 g/mol. The molecule has 0 aromatic carbocycles. The second kappa shape index (κ2) is 11.4. The van der Waals surface area contributed by atoms with Crippen molar-refractivity contribution >= 4 is 47.2 Å². The van der Waals surface area contributed by atoms with Crippen LogP contribution in [-0.4, -0.2) is 40.3 Å². The lowest BCUT2D eigenvalue weighted by molar-refractivity contribution is -0.121. The van der Waals surface area contributed by atoms with Gasteiger partial charge in [0.2, 0.25) is 5.91 Å². The highest BCUT2D eigenvalue weighted by atomic mass is 35.5. The molecule has 146 valence electrons. The molecule has 2 aromatic rings. The number of halogens is 2. The van der Waals surface area contributed by atoms with E-state index in [9.17, 15) is 4.79 Å². The molecule has 1 fully saturated rings. The minimum Gasteiger partial charge on any atom is -0.375 e. The minimum absolute atomic E-state index is 0. The third-order valence-corrected chi connectivity index (χ3v) is 4.98. The number of nitrogens with two attached hydrogens (primary N) is 1. The van der Waals surface area contributed by atoms with Crippen LogP contribution in [0.25, 0.3) is 0 Å². The van der Waals surface area contributed by atoms with Crippen LogP contribution in [-0.2, 0) is 17.8 Å². The molecule has 7 nitrogen and oxygen atoms in total. The van der Waals surface area contributed by atoms with E-state index in [4.69, 9.17) is 5.73 Å². The van der Waals surface area contributed by atoms with Crippen LogP contribution in [0.2, 0.25) is 0 Å². The first-order chi connectivity index (χ1) is 11.7. The number of amides is 1. The maximum absolute atomic E-state index is 12.1. The van der Waals surface area contributed by atoms with Gasteiger partial charge in [0.25, 0.3) is 0 Å². The lowest BCUT2D eigenvalue weighted by Crippen LogP contribution is -2.32. The molecule has 1 unspecified atom stereocenters. The van der Waals surface area contributed by atoms with Crippen LogP contribution in [0.4, 0.5) is 5.13 Å². The average molecular weight is 421 g/mol. The summed E-state index contributed by atoms with van der Waals surface area (Å²) in [5, 5.41) is 13.2. The van der Waals surface area contributed by atoms with E-state index in [1.54, 1.807) is 6.20 Å². The standard InChI is InChI=1S/C16H24N6OS.2ClH/c17-16-21-13(11-24-16)4-2-7-19-15(23)10-22-14(5-8-20-22)12-3-1-6-18-9-12;;/h5,8,11-12,18H,1-4,6-7,9-10H2,(H2,17,21)(H,19,23);2*1H. The van der Waals surface area contributed by atoms with Gasteiger partial charge in [0.1, 0.15) is 6.54 Å². The maximum Gasteiger partial charge on any atom is 0.241 e. The van der Waals surface area contributed by atoms with Gasteiger partial charge in [-0.15, -0.1) is 36.2 Å². The van der Waals surface area contributed by atoms with Crippen molar-refractivity contribution in [3.63, 3.8) is 0 Å². The molecule has 4 N–H and O–H groups in total. The number of nitrogen functional groups attached to an aromatic ring is 1. The molecule has 3 heterocycles. The number of rotatable bonds is 7. The van der Waals surface area contributed by atoms with E-state index in [0.717, 1.165) is 43.7 Å². The van der Waals surface area contributed by atoms with E-state index in [1.807, 2.05) is 16.1 Å². The van der Waals surface area contributed by atoms with Crippen molar-refractivity contribution in [3.8, 4) is 0 Å². The number of hydrogen-bond acceptors (Lipinski definition) is 6. The van der Waals surface area contributed by atoms with Gasteiger partial charge < -0.3 is 16.4 Å². The Morgan fingerprint density at radius 2 is 2.31 bits per heavy atom. The van der Waals surface area contributed by atoms with Crippen molar-refractivity contribution in [1.82, 2.24) is 25.4 Å². The number of carbonyl (C=O) groups excluding carboxylic acids is 1. The Morgan fingerprint density at radius 1 is 1.46 bits per heavy atom. The molecule has 1 amide bonds. The number of thiazole rings is 1. The van der Waals surface area contributed by atoms with E-state index < -0.39 is 0 Å². The summed E-state index contributed by atoms with van der Waals surface area (Å²) in [5.74, 6) is 0.450. The van der Waals surface area contributed by atoms with E-state index in [2.05, 4.69) is 20.7 Å². The highest BCUT2D eigenvalue weighted by Gasteiger charge is 2.19. The SMILES string of the molecule is Cl.Cl.Nc1nc(CCCNC(=O)Cn2nccc2C2CCCNC2)cs1. The van der Waals surface area contributed by atoms with Crippen LogP contribution >= 0.6 is 36.2 Å². The summed E-state index contributed by atoms with van der Waals surface area (Å²) in [6.45, 7) is 2.96. The quantitative estimate of drug-likeness (QED) is 0.594. The summed E-state index contributed by atoms with van der Waals surface area (Å²) in [7, 11) is 0. The Hall–Kier alpha value is -1.35. The normalized spacial score (nSPS) is 16.4. The van der Waals surface area contributed by atoms with Gasteiger partial charge in [0.05, 0.1) is 5.69 Å². The van der Waals surface area contributed by atoms with Crippen LogP contribution in [0.5, 0.6) is 0 Å². The predicted octanol–water partition coefficient (Wildman–Crippen LogP) is 1.98. The Balaban J connectivity index is 0.00000169. The second-order valence-electron chi connectivity index (χ2n) is 6.09. The Labute approximate surface area is 170 Å². The van der Waals surface area contributed by atoms with Crippen LogP contribution in [0.15, 0.2) is 17.6 Å². The van der Waals surface area contributed by atoms with Crippen molar-refractivity contribution in [2.24, 2.45) is 0 Å². The summed E-state index contributed by atoms with van der Waals surface area (Å²) in [6, 6.07) is 2.03. The fourth-order valence-corrected chi connectivity index (χ4v) is 3.65. The molecule has 26 heavy (non-hydrogen) atoms. The Kier molecular flexibility index (Phi) is 9.93. The second-order valence-corrected chi connectivity index (χ2v) is 6.98. The van der Waals surface area contributed by atoms with Gasteiger partial charge in [-0.2, -0.15) is 5.10 Å². The van der Waals surface area contributed by atoms with E-state index in [0.29, 0.717) is 17.6 Å². The number of nitrogens with one attached hydrogen (secondary N) is 2. The lowest BCUT2D eigenvalue weighted by atomic mass is 9.96. The molecule has 2 aromatic heterocycles. The van der Waals surface area contributed by atoms with Gasteiger partial charge in [-0.25, -0.2) is 4.98 Å². The minimum atomic E-state index is 0. The van der Waals surface area contributed by atoms with Crippen molar-refractivity contribution < 1.29 is 4.79 Å². The molecule has 0 aliphatic carbocycles. The van der Waals surface area contributed by atoms with Gasteiger partial charge in [-0.1, -0.05) is 0 Å². The molecule has 0 radical (unpaired) electrons. The summed E-state index contributed by atoms with van der Waals surface area (Å²) in [6.07, 6.45) is 5.78. The molecule has 1 saturated heterocycles. The summed E-state index contributed by atoms with van der Waals surface area (Å²) >= 11 is 1.45. The number of nitrogens with zero attached hydrogens (tertiary/aromatic N) is 3. The van der Waals surface area contributed by atoms with Crippen LogP contribution in [0.1, 0.15) is 36.6 Å². The Bertz CT molecular complexity index is 671. The van der Waals surface area contributed by atoms with Crippen molar-refractivity contribution in [1.29, 1.82) is 0 Å². The fourth-order valence-electron chi connectivity index (χ4n) is 3.05. The zero-order chi connectivity index (χ0) is 16.8. The lowest BCUT2D eigenvalue weighted by Gasteiger charge is -2.23. The topological polar surface area (TPSA) is 97.9 Å². The number of carbonyl (C=O) groups is 1. The predicted molar refractivity (Wildman–Crippen MR) is 109 cm³/mol. The average Bonchev–Trinajstić information content (AvgIpc) is 3.21. The van der Waals surface area contributed by atoms with Crippen LogP contribution in [0, 0.1) is 0 Å². The highest BCUT2D eigenvalue weighted by molar-refractivity contribution is 7.13. The third-order valence-electron chi connectivity index (χ3n) is 4.26. The molecule has 1 aliphatic rings. The largest absolute Gasteiger partial charge is 0.375 e. The van der Waals surface area contributed by atoms with Crippen molar-refractivity contribution in [3.05, 3.63) is 29.0 Å². The smallest absolute Gasteiger partial charge is 0.241 e. The van der Waals surface area contributed by atoms with Gasteiger partial charge >= 0.3 is 0 Å². The first kappa shape index (κ1) is 22.7.